The predicted octanol–water partition coefficient (Wildman–Crippen LogP) is 2.61. The first kappa shape index (κ1) is 18.9. The maximum Gasteiger partial charge on any atom is 0.289 e. The van der Waals surface area contributed by atoms with E-state index in [4.69, 9.17) is 10.5 Å². The summed E-state index contributed by atoms with van der Waals surface area (Å²) in [5.41, 5.74) is 6.80. The monoisotopic (exact) mass is 387 g/mol. The van der Waals surface area contributed by atoms with Crippen molar-refractivity contribution in [3.05, 3.63) is 39.4 Å². The summed E-state index contributed by atoms with van der Waals surface area (Å²) in [6.45, 7) is 1.81. The van der Waals surface area contributed by atoms with Crippen LogP contribution in [0.3, 0.4) is 0 Å². The molecular formula is C18H21N5O3S. The van der Waals surface area contributed by atoms with E-state index >= 15 is 0 Å². The van der Waals surface area contributed by atoms with Crippen LogP contribution in [0.1, 0.15) is 35.7 Å². The van der Waals surface area contributed by atoms with E-state index < -0.39 is 5.56 Å². The fourth-order valence-electron chi connectivity index (χ4n) is 3.24. The molecule has 0 radical (unpaired) electrons. The average Bonchev–Trinajstić information content (AvgIpc) is 2.67. The highest BCUT2D eigenvalue weighted by Crippen LogP contribution is 2.37. The van der Waals surface area contributed by atoms with Crippen LogP contribution in [0, 0.1) is 18.3 Å². The molecule has 9 heteroatoms. The van der Waals surface area contributed by atoms with E-state index in [9.17, 15) is 15.3 Å². The molecule has 0 bridgehead atoms. The molecule has 1 fully saturated rings. The number of nitrogens with one attached hydrogen (secondary N) is 1. The molecule has 0 aromatic carbocycles. The lowest BCUT2D eigenvalue weighted by atomic mass is 9.94. The van der Waals surface area contributed by atoms with Crippen molar-refractivity contribution in [2.45, 2.75) is 25.7 Å². The molecule has 8 nitrogen and oxygen atoms in total. The van der Waals surface area contributed by atoms with Crippen LogP contribution in [0.15, 0.2) is 16.9 Å². The Morgan fingerprint density at radius 2 is 2.30 bits per heavy atom. The highest BCUT2D eigenvalue weighted by Gasteiger charge is 2.27. The first-order valence-electron chi connectivity index (χ1n) is 8.51. The van der Waals surface area contributed by atoms with E-state index in [1.807, 2.05) is 6.07 Å². The summed E-state index contributed by atoms with van der Waals surface area (Å²) < 4.78 is 5.61. The van der Waals surface area contributed by atoms with Crippen LogP contribution in [0.4, 0.5) is 17.2 Å². The molecule has 2 aromatic rings. The van der Waals surface area contributed by atoms with Gasteiger partial charge in [-0.25, -0.2) is 4.98 Å². The van der Waals surface area contributed by atoms with Crippen LogP contribution in [0.25, 0.3) is 0 Å². The van der Waals surface area contributed by atoms with E-state index in [0.29, 0.717) is 27.6 Å². The molecule has 4 N–H and O–H groups in total. The Morgan fingerprint density at radius 3 is 2.93 bits per heavy atom. The first-order chi connectivity index (χ1) is 13.0. The number of pyridine rings is 2. The van der Waals surface area contributed by atoms with Crippen LogP contribution in [-0.4, -0.2) is 33.5 Å². The molecule has 1 atom stereocenters. The Morgan fingerprint density at radius 1 is 1.52 bits per heavy atom. The maximum absolute atomic E-state index is 12.6. The van der Waals surface area contributed by atoms with Crippen LogP contribution < -0.4 is 21.3 Å². The van der Waals surface area contributed by atoms with Gasteiger partial charge in [0.05, 0.1) is 12.8 Å². The van der Waals surface area contributed by atoms with Gasteiger partial charge in [-0.2, -0.15) is 17.0 Å². The lowest BCUT2D eigenvalue weighted by molar-refractivity contribution is 0.171. The van der Waals surface area contributed by atoms with E-state index in [1.165, 1.54) is 0 Å². The number of ether oxygens (including phenoxy) is 1. The minimum atomic E-state index is -0.642. The number of methoxy groups -OCH3 is 1. The second-order valence-corrected chi connectivity index (χ2v) is 7.50. The highest BCUT2D eigenvalue weighted by molar-refractivity contribution is 7.99. The molecular weight excluding hydrogens is 366 g/mol. The van der Waals surface area contributed by atoms with Gasteiger partial charge in [0.15, 0.2) is 5.69 Å². The zero-order valence-electron chi connectivity index (χ0n) is 15.2. The smallest absolute Gasteiger partial charge is 0.289 e. The predicted molar refractivity (Wildman–Crippen MR) is 105 cm³/mol. The summed E-state index contributed by atoms with van der Waals surface area (Å²) in [4.78, 5) is 17.0. The molecule has 3 rings (SSSR count). The Labute approximate surface area is 160 Å². The molecule has 1 saturated heterocycles. The second kappa shape index (κ2) is 7.80. The second-order valence-electron chi connectivity index (χ2n) is 6.35. The lowest BCUT2D eigenvalue weighted by Crippen LogP contribution is -2.30. The zero-order chi connectivity index (χ0) is 19.6. The number of nitriles is 1. The Kier molecular flexibility index (Phi) is 5.46. The number of nitrogen functional groups attached to an aromatic ring is 1. The summed E-state index contributed by atoms with van der Waals surface area (Å²) in [5.74, 6) is 2.71. The van der Waals surface area contributed by atoms with Gasteiger partial charge < -0.3 is 21.0 Å². The van der Waals surface area contributed by atoms with Crippen molar-refractivity contribution in [3.63, 3.8) is 0 Å². The summed E-state index contributed by atoms with van der Waals surface area (Å²) in [6, 6.07) is 5.26. The maximum atomic E-state index is 12.6. The third-order valence-corrected chi connectivity index (χ3v) is 5.74. The van der Waals surface area contributed by atoms with E-state index in [1.54, 1.807) is 37.9 Å². The van der Waals surface area contributed by atoms with Crippen molar-refractivity contribution in [1.82, 2.24) is 9.71 Å². The number of hydrogen-bond acceptors (Lipinski definition) is 8. The van der Waals surface area contributed by atoms with Crippen molar-refractivity contribution >= 4 is 29.0 Å². The largest absolute Gasteiger partial charge is 0.497 e. The van der Waals surface area contributed by atoms with Gasteiger partial charge >= 0.3 is 0 Å². The van der Waals surface area contributed by atoms with E-state index in [2.05, 4.69) is 10.3 Å². The standard InChI is InChI=1S/C18H21N5O3S/c1-10-6-12(26-2)7-14(21-10)22-17-13(8-19)23(25)18(24)15(16(17)20)11-4-3-5-27-9-11/h6-7,11,25H,3-5,9,20H2,1-2H3,(H,21,22). The van der Waals surface area contributed by atoms with Gasteiger partial charge in [-0.15, -0.1) is 4.73 Å². The molecule has 1 unspecified atom stereocenters. The zero-order valence-corrected chi connectivity index (χ0v) is 16.0. The fraction of sp³-hybridized carbons (Fsp3) is 0.389. The van der Waals surface area contributed by atoms with Gasteiger partial charge in [0, 0.05) is 35.1 Å². The molecule has 27 heavy (non-hydrogen) atoms. The number of rotatable bonds is 4. The minimum absolute atomic E-state index is 0.0667. The van der Waals surface area contributed by atoms with Crippen LogP contribution in [0.2, 0.25) is 0 Å². The van der Waals surface area contributed by atoms with Gasteiger partial charge in [-0.1, -0.05) is 0 Å². The van der Waals surface area contributed by atoms with Gasteiger partial charge in [-0.05, 0) is 25.5 Å². The molecule has 0 amide bonds. The molecule has 3 heterocycles. The number of nitrogens with zero attached hydrogens (tertiary/aromatic N) is 3. The van der Waals surface area contributed by atoms with Crippen molar-refractivity contribution < 1.29 is 9.94 Å². The molecule has 1 aliphatic rings. The Balaban J connectivity index is 2.14. The Hall–Kier alpha value is -2.86. The quantitative estimate of drug-likeness (QED) is 0.683. The fourth-order valence-corrected chi connectivity index (χ4v) is 4.39. The molecule has 142 valence electrons. The molecule has 0 saturated carbocycles. The summed E-state index contributed by atoms with van der Waals surface area (Å²) in [5, 5.41) is 22.7. The molecule has 1 aliphatic heterocycles. The van der Waals surface area contributed by atoms with Crippen molar-refractivity contribution in [2.24, 2.45) is 0 Å². The SMILES string of the molecule is COc1cc(C)nc(Nc2c(N)c(C3CCCSC3)c(=O)n(O)c2C#N)c1. The number of aryl methyl sites for hydroxylation is 1. The number of nitrogens with two attached hydrogens (primary N) is 1. The number of hydrogen-bond donors (Lipinski definition) is 3. The first-order valence-corrected chi connectivity index (χ1v) is 9.67. The van der Waals surface area contributed by atoms with Gasteiger partial charge in [-0.3, -0.25) is 4.79 Å². The lowest BCUT2D eigenvalue weighted by Gasteiger charge is -2.24. The minimum Gasteiger partial charge on any atom is -0.497 e. The van der Waals surface area contributed by atoms with Crippen molar-refractivity contribution in [2.75, 3.05) is 29.7 Å². The Bertz CT molecular complexity index is 961. The van der Waals surface area contributed by atoms with Crippen molar-refractivity contribution in [3.8, 4) is 11.8 Å². The third-order valence-electron chi connectivity index (χ3n) is 4.52. The number of aromatic nitrogens is 2. The normalized spacial score (nSPS) is 16.6. The van der Waals surface area contributed by atoms with Gasteiger partial charge in [0.25, 0.3) is 5.56 Å². The van der Waals surface area contributed by atoms with E-state index in [0.717, 1.165) is 24.3 Å². The summed E-state index contributed by atoms with van der Waals surface area (Å²) in [6.07, 6.45) is 1.79. The number of thioether (sulfide) groups is 1. The van der Waals surface area contributed by atoms with Crippen LogP contribution >= 0.6 is 11.8 Å². The highest BCUT2D eigenvalue weighted by atomic mass is 32.2. The third kappa shape index (κ3) is 3.66. The summed E-state index contributed by atoms with van der Waals surface area (Å²) in [7, 11) is 1.54. The molecule has 2 aromatic heterocycles. The van der Waals surface area contributed by atoms with E-state index in [-0.39, 0.29) is 23.0 Å². The van der Waals surface area contributed by atoms with Gasteiger partial charge in [0.2, 0.25) is 0 Å². The topological polar surface area (TPSA) is 126 Å². The van der Waals surface area contributed by atoms with Crippen LogP contribution in [0.5, 0.6) is 5.75 Å². The molecule has 0 aliphatic carbocycles. The van der Waals surface area contributed by atoms with Crippen molar-refractivity contribution in [1.29, 1.82) is 5.26 Å². The average molecular weight is 387 g/mol. The summed E-state index contributed by atoms with van der Waals surface area (Å²) >= 11 is 1.75. The van der Waals surface area contributed by atoms with Gasteiger partial charge in [0.1, 0.15) is 23.3 Å². The molecule has 0 spiro atoms. The number of anilines is 3. The van der Waals surface area contributed by atoms with Crippen LogP contribution in [-0.2, 0) is 0 Å².